The molecule has 0 N–H and O–H groups in total. The molecule has 0 amide bonds. The average molecular weight is 257 g/mol. The Balaban J connectivity index is 2.67. The first-order chi connectivity index (χ1) is 6.77. The van der Waals surface area contributed by atoms with Crippen LogP contribution in [0, 0.1) is 0 Å². The predicted molar refractivity (Wildman–Crippen MR) is 55.3 cm³/mol. The van der Waals surface area contributed by atoms with E-state index in [4.69, 9.17) is 9.47 Å². The van der Waals surface area contributed by atoms with Crippen LogP contribution >= 0.6 is 15.9 Å². The number of aldehydes is 1. The molecule has 74 valence electrons. The van der Waals surface area contributed by atoms with Crippen LogP contribution in [0.2, 0.25) is 0 Å². The molecule has 0 aliphatic carbocycles. The minimum Gasteiger partial charge on any atom is -0.495 e. The summed E-state index contributed by atoms with van der Waals surface area (Å²) in [5.74, 6) is 1.43. The quantitative estimate of drug-likeness (QED) is 0.762. The summed E-state index contributed by atoms with van der Waals surface area (Å²) < 4.78 is 11.4. The van der Waals surface area contributed by atoms with E-state index >= 15 is 0 Å². The first-order valence-corrected chi connectivity index (χ1v) is 5.04. The number of hydrogen-bond acceptors (Lipinski definition) is 3. The Labute approximate surface area is 90.1 Å². The Hall–Kier alpha value is -1.03. The van der Waals surface area contributed by atoms with Gasteiger partial charge in [-0.3, -0.25) is 4.79 Å². The number of halogens is 1. The van der Waals surface area contributed by atoms with Crippen molar-refractivity contribution >= 4 is 22.2 Å². The van der Waals surface area contributed by atoms with E-state index < -0.39 is 0 Å². The maximum atomic E-state index is 10.8. The first-order valence-electron chi connectivity index (χ1n) is 4.25. The Kier molecular flexibility index (Phi) is 2.46. The molecule has 0 saturated heterocycles. The number of carbonyl (C=O) groups is 1. The van der Waals surface area contributed by atoms with Crippen molar-refractivity contribution in [2.45, 2.75) is 6.42 Å². The molecule has 0 aromatic heterocycles. The summed E-state index contributed by atoms with van der Waals surface area (Å²) in [6.07, 6.45) is 1.59. The van der Waals surface area contributed by atoms with Gasteiger partial charge in [0, 0.05) is 12.0 Å². The van der Waals surface area contributed by atoms with Gasteiger partial charge in [-0.1, -0.05) is 0 Å². The molecule has 0 saturated carbocycles. The number of fused-ring (bicyclic) bond motifs is 1. The summed E-state index contributed by atoms with van der Waals surface area (Å²) in [5.41, 5.74) is 1.55. The van der Waals surface area contributed by atoms with Gasteiger partial charge in [-0.25, -0.2) is 0 Å². The predicted octanol–water partition coefficient (Wildman–Crippen LogP) is 2.21. The van der Waals surface area contributed by atoms with E-state index in [-0.39, 0.29) is 0 Å². The van der Waals surface area contributed by atoms with Gasteiger partial charge in [0.05, 0.1) is 23.8 Å². The maximum Gasteiger partial charge on any atom is 0.153 e. The lowest BCUT2D eigenvalue weighted by Gasteiger charge is -2.09. The highest BCUT2D eigenvalue weighted by Crippen LogP contribution is 2.41. The third-order valence-corrected chi connectivity index (χ3v) is 2.83. The summed E-state index contributed by atoms with van der Waals surface area (Å²) >= 11 is 3.36. The number of ether oxygens (including phenoxy) is 2. The van der Waals surface area contributed by atoms with Crippen LogP contribution in [0.4, 0.5) is 0 Å². The topological polar surface area (TPSA) is 35.5 Å². The van der Waals surface area contributed by atoms with Crippen molar-refractivity contribution < 1.29 is 14.3 Å². The summed E-state index contributed by atoms with van der Waals surface area (Å²) in [5, 5.41) is 0. The number of benzene rings is 1. The van der Waals surface area contributed by atoms with Crippen molar-refractivity contribution in [1.29, 1.82) is 0 Å². The molecule has 0 spiro atoms. The van der Waals surface area contributed by atoms with Gasteiger partial charge in [-0.15, -0.1) is 0 Å². The molecule has 3 nitrogen and oxygen atoms in total. The van der Waals surface area contributed by atoms with Gasteiger partial charge in [0.25, 0.3) is 0 Å². The van der Waals surface area contributed by atoms with Gasteiger partial charge in [0.1, 0.15) is 11.5 Å². The smallest absolute Gasteiger partial charge is 0.153 e. The molecule has 2 rings (SSSR count). The van der Waals surface area contributed by atoms with Gasteiger partial charge in [-0.2, -0.15) is 0 Å². The second-order valence-electron chi connectivity index (χ2n) is 3.00. The van der Waals surface area contributed by atoms with Crippen molar-refractivity contribution in [3.63, 3.8) is 0 Å². The molecule has 4 heteroatoms. The van der Waals surface area contributed by atoms with Crippen molar-refractivity contribution in [3.8, 4) is 11.5 Å². The molecular formula is C10H9BrO3. The van der Waals surface area contributed by atoms with Crippen molar-refractivity contribution in [2.24, 2.45) is 0 Å². The number of methoxy groups -OCH3 is 1. The van der Waals surface area contributed by atoms with Crippen LogP contribution in [0.1, 0.15) is 15.9 Å². The molecule has 14 heavy (non-hydrogen) atoms. The number of rotatable bonds is 2. The molecule has 0 fully saturated rings. The van der Waals surface area contributed by atoms with Crippen LogP contribution in [0.5, 0.6) is 11.5 Å². The molecule has 1 aliphatic heterocycles. The summed E-state index contributed by atoms with van der Waals surface area (Å²) in [4.78, 5) is 10.8. The van der Waals surface area contributed by atoms with E-state index in [1.165, 1.54) is 0 Å². The third-order valence-electron chi connectivity index (χ3n) is 2.24. The lowest BCUT2D eigenvalue weighted by atomic mass is 10.1. The Morgan fingerprint density at radius 3 is 3.07 bits per heavy atom. The van der Waals surface area contributed by atoms with Crippen molar-refractivity contribution in [2.75, 3.05) is 13.7 Å². The Morgan fingerprint density at radius 2 is 2.43 bits per heavy atom. The largest absolute Gasteiger partial charge is 0.495 e. The van der Waals surface area contributed by atoms with E-state index in [1.807, 2.05) is 0 Å². The minimum absolute atomic E-state index is 0.574. The summed E-state index contributed by atoms with van der Waals surface area (Å²) in [6.45, 7) is 0.614. The molecule has 0 atom stereocenters. The fraction of sp³-hybridized carbons (Fsp3) is 0.300. The van der Waals surface area contributed by atoms with Crippen LogP contribution in [0.3, 0.4) is 0 Å². The van der Waals surface area contributed by atoms with Gasteiger partial charge in [0.15, 0.2) is 6.29 Å². The standard InChI is InChI=1S/C10H9BrO3/c1-13-10-7-2-3-14-9(7)6(5-12)4-8(10)11/h4-5H,2-3H2,1H3. The fourth-order valence-electron chi connectivity index (χ4n) is 1.65. The van der Waals surface area contributed by atoms with Crippen LogP contribution in [0.15, 0.2) is 10.5 Å². The van der Waals surface area contributed by atoms with Crippen LogP contribution in [-0.2, 0) is 6.42 Å². The molecular weight excluding hydrogens is 248 g/mol. The molecule has 0 bridgehead atoms. The van der Waals surface area contributed by atoms with Gasteiger partial charge < -0.3 is 9.47 Å². The van der Waals surface area contributed by atoms with E-state index in [2.05, 4.69) is 15.9 Å². The van der Waals surface area contributed by atoms with E-state index in [0.29, 0.717) is 17.9 Å². The summed E-state index contributed by atoms with van der Waals surface area (Å²) in [7, 11) is 1.61. The van der Waals surface area contributed by atoms with Gasteiger partial charge in [0.2, 0.25) is 0 Å². The van der Waals surface area contributed by atoms with Crippen LogP contribution in [0.25, 0.3) is 0 Å². The molecule has 1 heterocycles. The number of carbonyl (C=O) groups excluding carboxylic acids is 1. The highest BCUT2D eigenvalue weighted by molar-refractivity contribution is 9.10. The maximum absolute atomic E-state index is 10.8. The van der Waals surface area contributed by atoms with Gasteiger partial charge >= 0.3 is 0 Å². The molecule has 1 aromatic carbocycles. The Bertz CT molecular complexity index is 387. The second kappa shape index (κ2) is 3.61. The highest BCUT2D eigenvalue weighted by Gasteiger charge is 2.23. The molecule has 0 radical (unpaired) electrons. The number of hydrogen-bond donors (Lipinski definition) is 0. The highest BCUT2D eigenvalue weighted by atomic mass is 79.9. The zero-order chi connectivity index (χ0) is 10.1. The molecule has 1 aliphatic rings. The fourth-order valence-corrected chi connectivity index (χ4v) is 2.30. The van der Waals surface area contributed by atoms with Gasteiger partial charge in [-0.05, 0) is 22.0 Å². The van der Waals surface area contributed by atoms with Crippen molar-refractivity contribution in [1.82, 2.24) is 0 Å². The third kappa shape index (κ3) is 1.30. The van der Waals surface area contributed by atoms with E-state index in [1.54, 1.807) is 13.2 Å². The van der Waals surface area contributed by atoms with Crippen LogP contribution in [-0.4, -0.2) is 20.0 Å². The van der Waals surface area contributed by atoms with Crippen LogP contribution < -0.4 is 9.47 Å². The van der Waals surface area contributed by atoms with E-state index in [9.17, 15) is 4.79 Å². The average Bonchev–Trinajstić information content (AvgIpc) is 2.65. The summed E-state index contributed by atoms with van der Waals surface area (Å²) in [6, 6.07) is 1.72. The zero-order valence-electron chi connectivity index (χ0n) is 7.67. The lowest BCUT2D eigenvalue weighted by molar-refractivity contribution is 0.112. The molecule has 1 aromatic rings. The monoisotopic (exact) mass is 256 g/mol. The Morgan fingerprint density at radius 1 is 1.64 bits per heavy atom. The van der Waals surface area contributed by atoms with Crippen molar-refractivity contribution in [3.05, 3.63) is 21.7 Å². The second-order valence-corrected chi connectivity index (χ2v) is 3.86. The van der Waals surface area contributed by atoms with E-state index in [0.717, 1.165) is 28.5 Å². The lowest BCUT2D eigenvalue weighted by Crippen LogP contribution is -1.93. The normalized spacial score (nSPS) is 13.3. The SMILES string of the molecule is COc1c(Br)cc(C=O)c2c1CCO2. The molecule has 0 unspecified atom stereocenters. The first kappa shape index (κ1) is 9.52. The zero-order valence-corrected chi connectivity index (χ0v) is 9.26. The minimum atomic E-state index is 0.574.